The van der Waals surface area contributed by atoms with Crippen LogP contribution in [0.1, 0.15) is 44.6 Å². The molecule has 2 N–H and O–H groups in total. The summed E-state index contributed by atoms with van der Waals surface area (Å²) >= 11 is 7.75. The predicted molar refractivity (Wildman–Crippen MR) is 110 cm³/mol. The number of nitroso groups, excluding NO2 is 1. The largest absolute Gasteiger partial charge is 0.577 e. The van der Waals surface area contributed by atoms with Gasteiger partial charge in [0.05, 0.1) is 0 Å². The van der Waals surface area contributed by atoms with Crippen LogP contribution in [0.2, 0.25) is 0 Å². The number of hydrogen-bond donors (Lipinski definition) is 2. The van der Waals surface area contributed by atoms with E-state index >= 15 is 0 Å². The summed E-state index contributed by atoms with van der Waals surface area (Å²) in [6, 6.07) is 5.70. The number of nitrogens with zero attached hydrogens (tertiary/aromatic N) is 2. The minimum absolute atomic E-state index is 0.0426. The maximum Gasteiger partial charge on any atom is -0.423 e. The minimum Gasteiger partial charge on any atom is -0.577 e. The van der Waals surface area contributed by atoms with Gasteiger partial charge in [-0.25, -0.2) is 0 Å². The van der Waals surface area contributed by atoms with Gasteiger partial charge in [-0.2, -0.15) is 0 Å². The Morgan fingerprint density at radius 2 is 1.96 bits per heavy atom. The van der Waals surface area contributed by atoms with Crippen molar-refractivity contribution in [1.82, 2.24) is 0 Å². The van der Waals surface area contributed by atoms with Gasteiger partial charge in [-0.05, 0) is 18.9 Å². The molecule has 4 rings (SSSR count). The molecule has 0 radical (unpaired) electrons. The van der Waals surface area contributed by atoms with Gasteiger partial charge in [0.15, 0.2) is 0 Å². The molecule has 2 aliphatic heterocycles. The van der Waals surface area contributed by atoms with Crippen LogP contribution in [-0.4, -0.2) is 28.8 Å². The van der Waals surface area contributed by atoms with E-state index in [-0.39, 0.29) is 29.4 Å². The van der Waals surface area contributed by atoms with Crippen molar-refractivity contribution >= 4 is 33.1 Å². The molecule has 1 aliphatic carbocycles. The van der Waals surface area contributed by atoms with E-state index in [4.69, 9.17) is 22.1 Å². The van der Waals surface area contributed by atoms with Crippen LogP contribution in [0.5, 0.6) is 5.75 Å². The summed E-state index contributed by atoms with van der Waals surface area (Å²) in [4.78, 5) is 7.25. The molecule has 5 atom stereocenters. The number of halogens is 2. The molecule has 2 fully saturated rings. The summed E-state index contributed by atoms with van der Waals surface area (Å²) in [5.74, 6) is 0.687. The minimum atomic E-state index is -0.217. The molecular weight excluding hydrogens is 490 g/mol. The van der Waals surface area contributed by atoms with Crippen molar-refractivity contribution < 1.29 is 27.5 Å². The smallest absolute Gasteiger partial charge is 0.423 e. The van der Waals surface area contributed by atoms with Crippen molar-refractivity contribution in [2.45, 2.75) is 62.7 Å². The number of alkyl halides is 1. The Morgan fingerprint density at radius 1 is 1.25 bits per heavy atom. The fourth-order valence-electron chi connectivity index (χ4n) is 3.76. The van der Waals surface area contributed by atoms with Crippen molar-refractivity contribution in [3.8, 4) is 5.75 Å². The van der Waals surface area contributed by atoms with Crippen molar-refractivity contribution in [2.75, 3.05) is 5.32 Å². The molecule has 1 saturated heterocycles. The number of fused-ring (bicyclic) bond motifs is 2. The van der Waals surface area contributed by atoms with Gasteiger partial charge in [-0.1, -0.05) is 73.2 Å². The number of nitrogens with one attached hydrogen (secondary N) is 1. The summed E-state index contributed by atoms with van der Waals surface area (Å²) in [5.41, 5.74) is 7.42. The van der Waals surface area contributed by atoms with Crippen LogP contribution in [0, 0.1) is 10.8 Å². The Labute approximate surface area is 185 Å². The van der Waals surface area contributed by atoms with Crippen LogP contribution in [0.15, 0.2) is 24.3 Å². The zero-order chi connectivity index (χ0) is 21.1. The first-order valence-electron chi connectivity index (χ1n) is 9.13. The third-order valence-electron chi connectivity index (χ3n) is 5.06. The van der Waals surface area contributed by atoms with E-state index in [9.17, 15) is 10.2 Å². The standard InChI is InChI=1S/C10H11NO.C9H15ClNO.ClH.NO.Ru/c1-7-5-6-8-3-2-4-9(12)10(8)11-7;10-8-5-4-6-2-1-3-7(12)9(6)11-8;;1-2;/h2-7,11-12H,1H3;6-9,12H,1-5H2;1H;;/q;-1;;-1;+4/p-2. The average molecular weight is 515 g/mol. The van der Waals surface area contributed by atoms with E-state index in [1.54, 1.807) is 12.1 Å². The van der Waals surface area contributed by atoms with Crippen LogP contribution in [0.25, 0.3) is 17.0 Å². The molecule has 0 amide bonds. The maximum absolute atomic E-state index is 11.3. The van der Waals surface area contributed by atoms with Crippen LogP contribution in [0.3, 0.4) is 0 Å². The Kier molecular flexibility index (Phi) is 12.2. The monoisotopic (exact) mass is 515 g/mol. The number of piperidine rings is 1. The predicted octanol–water partition coefficient (Wildman–Crippen LogP) is 4.85. The van der Waals surface area contributed by atoms with Gasteiger partial charge in [-0.3, -0.25) is 0 Å². The molecule has 0 bridgehead atoms. The molecule has 5 unspecified atom stereocenters. The molecule has 1 saturated carbocycles. The fraction of sp³-hybridized carbons (Fsp3) is 0.579. The third-order valence-corrected chi connectivity index (χ3v) is 5.39. The molecule has 3 aliphatic rings. The van der Waals surface area contributed by atoms with Crippen molar-refractivity contribution in [3.05, 3.63) is 45.7 Å². The van der Waals surface area contributed by atoms with E-state index in [1.165, 1.54) is 6.42 Å². The zero-order valence-corrected chi connectivity index (χ0v) is 18.8. The van der Waals surface area contributed by atoms with Crippen LogP contribution in [0.4, 0.5) is 5.69 Å². The van der Waals surface area contributed by atoms with Crippen LogP contribution < -0.4 is 10.4 Å². The number of rotatable bonds is 0. The summed E-state index contributed by atoms with van der Waals surface area (Å²) in [6.45, 7) is 2.02. The zero-order valence-electron chi connectivity index (χ0n) is 15.6. The van der Waals surface area contributed by atoms with E-state index in [0.717, 1.165) is 36.9 Å². The molecule has 0 aromatic heterocycles. The van der Waals surface area contributed by atoms with Crippen molar-refractivity contribution in [2.24, 2.45) is 5.92 Å². The van der Waals surface area contributed by atoms with Gasteiger partial charge in [0.25, 0.3) is 0 Å². The second-order valence-corrected chi connectivity index (χ2v) is 7.43. The topological polar surface area (TPSA) is 109 Å². The SMILES string of the molecule is CC1C=Cc2cccc([O-])c2N1.OC1CCCC2CCC(Cl)[N-]C12.[Cl][Ru+3].[N-]=O. The first kappa shape index (κ1) is 25.3. The Bertz CT molecular complexity index is 624. The van der Waals surface area contributed by atoms with Gasteiger partial charge in [0.2, 0.25) is 0 Å². The Balaban J connectivity index is 0.000000238. The quantitative estimate of drug-likeness (QED) is 0.293. The second-order valence-electron chi connectivity index (χ2n) is 6.92. The Morgan fingerprint density at radius 3 is 2.68 bits per heavy atom. The van der Waals surface area contributed by atoms with Crippen molar-refractivity contribution in [1.29, 1.82) is 0 Å². The molecule has 6 nitrogen and oxygen atoms in total. The molecule has 0 spiro atoms. The second kappa shape index (κ2) is 13.5. The Hall–Kier alpha value is -0.717. The van der Waals surface area contributed by atoms with Crippen molar-refractivity contribution in [3.63, 3.8) is 0 Å². The molecule has 2 heterocycles. The maximum atomic E-state index is 11.3. The van der Waals surface area contributed by atoms with Gasteiger partial charge >= 0.3 is 27.0 Å². The summed E-state index contributed by atoms with van der Waals surface area (Å²) in [6.07, 6.45) is 9.26. The van der Waals surface area contributed by atoms with E-state index in [1.807, 2.05) is 42.5 Å². The molecule has 9 heteroatoms. The van der Waals surface area contributed by atoms with E-state index < -0.39 is 0 Å². The van der Waals surface area contributed by atoms with E-state index in [0.29, 0.717) is 5.92 Å². The fourth-order valence-corrected chi connectivity index (χ4v) is 4.02. The first-order chi connectivity index (χ1) is 13.5. The average Bonchev–Trinajstić information content (AvgIpc) is 2.73. The van der Waals surface area contributed by atoms with Gasteiger partial charge in [0.1, 0.15) is 0 Å². The summed E-state index contributed by atoms with van der Waals surface area (Å²) in [7, 11) is 4.57. The number of hydrogen-bond acceptors (Lipinski definition) is 4. The van der Waals surface area contributed by atoms with Gasteiger partial charge < -0.3 is 31.3 Å². The molecule has 1 aromatic rings. The summed E-state index contributed by atoms with van der Waals surface area (Å²) < 4.78 is 0. The summed E-state index contributed by atoms with van der Waals surface area (Å²) in [5, 5.41) is 28.5. The van der Waals surface area contributed by atoms with Gasteiger partial charge in [-0.15, -0.1) is 17.6 Å². The number of para-hydroxylation sites is 1. The van der Waals surface area contributed by atoms with Crippen LogP contribution in [-0.2, 0) is 17.3 Å². The third kappa shape index (κ3) is 7.27. The van der Waals surface area contributed by atoms with Crippen LogP contribution >= 0.6 is 21.3 Å². The molecular formula is C19H25Cl2N3O3Ru. The number of aliphatic hydroxyl groups is 1. The normalized spacial score (nSPS) is 29.6. The number of benzene rings is 1. The molecule has 156 valence electrons. The van der Waals surface area contributed by atoms with Gasteiger partial charge in [0, 0.05) is 17.8 Å². The number of aliphatic hydroxyl groups excluding tert-OH is 1. The number of anilines is 1. The molecule has 28 heavy (non-hydrogen) atoms. The molecule has 1 aromatic carbocycles. The van der Waals surface area contributed by atoms with E-state index in [2.05, 4.69) is 20.3 Å². The first-order valence-corrected chi connectivity index (χ1v) is 11.8.